The number of amides is 2. The van der Waals surface area contributed by atoms with E-state index in [1.54, 1.807) is 37.3 Å². The van der Waals surface area contributed by atoms with Gasteiger partial charge in [-0.3, -0.25) is 13.9 Å². The van der Waals surface area contributed by atoms with Gasteiger partial charge in [0.05, 0.1) is 11.9 Å². The van der Waals surface area contributed by atoms with E-state index in [9.17, 15) is 22.4 Å². The van der Waals surface area contributed by atoms with Crippen molar-refractivity contribution in [3.8, 4) is 0 Å². The van der Waals surface area contributed by atoms with Crippen LogP contribution in [0.4, 0.5) is 10.1 Å². The summed E-state index contributed by atoms with van der Waals surface area (Å²) in [7, 11) is -2.26. The van der Waals surface area contributed by atoms with Crippen molar-refractivity contribution in [3.63, 3.8) is 0 Å². The molecular formula is C23H29ClFN3O4S. The Morgan fingerprint density at radius 1 is 1.12 bits per heavy atom. The SMILES string of the molecule is CCC(C(=O)NC)N(Cc1ccccc1Cl)C(=O)CCCN(c1ccccc1F)S(C)(=O)=O. The van der Waals surface area contributed by atoms with Gasteiger partial charge in [-0.05, 0) is 36.6 Å². The lowest BCUT2D eigenvalue weighted by Gasteiger charge is -2.31. The molecule has 2 amide bonds. The second kappa shape index (κ2) is 12.0. The minimum absolute atomic E-state index is 0.0293. The second-order valence-electron chi connectivity index (χ2n) is 7.54. The normalized spacial score (nSPS) is 12.2. The molecule has 7 nitrogen and oxygen atoms in total. The number of nitrogens with one attached hydrogen (secondary N) is 1. The maximum atomic E-state index is 14.2. The highest BCUT2D eigenvalue weighted by Crippen LogP contribution is 2.23. The Bertz CT molecular complexity index is 1080. The molecule has 1 atom stereocenters. The summed E-state index contributed by atoms with van der Waals surface area (Å²) in [5, 5.41) is 3.06. The van der Waals surface area contributed by atoms with Crippen LogP contribution in [0.2, 0.25) is 5.02 Å². The fraction of sp³-hybridized carbons (Fsp3) is 0.391. The maximum absolute atomic E-state index is 14.2. The van der Waals surface area contributed by atoms with Gasteiger partial charge in [0.15, 0.2) is 0 Å². The number of likely N-dealkylation sites (N-methyl/N-ethyl adjacent to an activating group) is 1. The van der Waals surface area contributed by atoms with Gasteiger partial charge in [0.2, 0.25) is 21.8 Å². The summed E-state index contributed by atoms with van der Waals surface area (Å²) in [6, 6.07) is 11.9. The number of halogens is 2. The first-order chi connectivity index (χ1) is 15.6. The number of carbonyl (C=O) groups excluding carboxylic acids is 2. The van der Waals surface area contributed by atoms with Crippen molar-refractivity contribution < 1.29 is 22.4 Å². The first-order valence-electron chi connectivity index (χ1n) is 10.6. The molecule has 2 aromatic carbocycles. The van der Waals surface area contributed by atoms with Gasteiger partial charge in [0, 0.05) is 31.6 Å². The van der Waals surface area contributed by atoms with E-state index in [1.807, 2.05) is 0 Å². The van der Waals surface area contributed by atoms with Crippen LogP contribution in [0.25, 0.3) is 0 Å². The van der Waals surface area contributed by atoms with Gasteiger partial charge in [0.1, 0.15) is 11.9 Å². The minimum atomic E-state index is -3.76. The molecule has 0 saturated carbocycles. The summed E-state index contributed by atoms with van der Waals surface area (Å²) < 4.78 is 39.7. The molecule has 0 aliphatic heterocycles. The number of para-hydroxylation sites is 1. The van der Waals surface area contributed by atoms with E-state index < -0.39 is 21.9 Å². The van der Waals surface area contributed by atoms with Gasteiger partial charge in [-0.1, -0.05) is 48.9 Å². The Morgan fingerprint density at radius 3 is 2.33 bits per heavy atom. The molecule has 2 aromatic rings. The van der Waals surface area contributed by atoms with E-state index in [-0.39, 0.29) is 43.4 Å². The predicted octanol–water partition coefficient (Wildman–Crippen LogP) is 3.58. The summed E-state index contributed by atoms with van der Waals surface area (Å²) in [6.45, 7) is 1.85. The van der Waals surface area contributed by atoms with Gasteiger partial charge in [0.25, 0.3) is 0 Å². The molecule has 0 heterocycles. The zero-order chi connectivity index (χ0) is 24.6. The monoisotopic (exact) mass is 497 g/mol. The molecule has 180 valence electrons. The molecule has 0 radical (unpaired) electrons. The highest BCUT2D eigenvalue weighted by atomic mass is 35.5. The first kappa shape index (κ1) is 26.6. The Balaban J connectivity index is 2.21. The predicted molar refractivity (Wildman–Crippen MR) is 128 cm³/mol. The minimum Gasteiger partial charge on any atom is -0.357 e. The fourth-order valence-corrected chi connectivity index (χ4v) is 4.69. The van der Waals surface area contributed by atoms with Crippen LogP contribution in [0.5, 0.6) is 0 Å². The number of hydrogen-bond donors (Lipinski definition) is 1. The molecule has 1 unspecified atom stereocenters. The maximum Gasteiger partial charge on any atom is 0.242 e. The van der Waals surface area contributed by atoms with Gasteiger partial charge in [-0.25, -0.2) is 12.8 Å². The van der Waals surface area contributed by atoms with Crippen LogP contribution in [-0.2, 0) is 26.2 Å². The van der Waals surface area contributed by atoms with Crippen LogP contribution in [0.1, 0.15) is 31.7 Å². The van der Waals surface area contributed by atoms with E-state index >= 15 is 0 Å². The van der Waals surface area contributed by atoms with Crippen LogP contribution in [-0.4, -0.2) is 51.0 Å². The number of hydrogen-bond acceptors (Lipinski definition) is 4. The van der Waals surface area contributed by atoms with Crippen molar-refractivity contribution in [2.75, 3.05) is 24.2 Å². The van der Waals surface area contributed by atoms with Gasteiger partial charge in [-0.15, -0.1) is 0 Å². The van der Waals surface area contributed by atoms with E-state index in [0.717, 1.165) is 10.6 Å². The topological polar surface area (TPSA) is 86.8 Å². The molecule has 0 aliphatic rings. The molecule has 1 N–H and O–H groups in total. The third-order valence-corrected chi connectivity index (χ3v) is 6.75. The molecule has 0 spiro atoms. The number of carbonyl (C=O) groups is 2. The molecule has 10 heteroatoms. The van der Waals surface area contributed by atoms with Crippen molar-refractivity contribution in [2.24, 2.45) is 0 Å². The summed E-state index contributed by atoms with van der Waals surface area (Å²) in [4.78, 5) is 27.1. The molecule has 0 fully saturated rings. The van der Waals surface area contributed by atoms with Crippen LogP contribution in [0, 0.1) is 5.82 Å². The van der Waals surface area contributed by atoms with E-state index in [0.29, 0.717) is 17.0 Å². The number of rotatable bonds is 11. The quantitative estimate of drug-likeness (QED) is 0.514. The third-order valence-electron chi connectivity index (χ3n) is 5.20. The number of sulfonamides is 1. The molecule has 2 rings (SSSR count). The van der Waals surface area contributed by atoms with Crippen molar-refractivity contribution >= 4 is 39.1 Å². The first-order valence-corrected chi connectivity index (χ1v) is 12.8. The van der Waals surface area contributed by atoms with Crippen LogP contribution in [0.3, 0.4) is 0 Å². The van der Waals surface area contributed by atoms with Crippen molar-refractivity contribution in [1.29, 1.82) is 0 Å². The molecule has 0 aromatic heterocycles. The molecule has 0 bridgehead atoms. The summed E-state index contributed by atoms with van der Waals surface area (Å²) in [5.41, 5.74) is 0.621. The van der Waals surface area contributed by atoms with Gasteiger partial charge in [-0.2, -0.15) is 0 Å². The average Bonchev–Trinajstić information content (AvgIpc) is 2.77. The Morgan fingerprint density at radius 2 is 1.76 bits per heavy atom. The lowest BCUT2D eigenvalue weighted by atomic mass is 10.1. The number of anilines is 1. The van der Waals surface area contributed by atoms with Crippen LogP contribution in [0.15, 0.2) is 48.5 Å². The number of nitrogens with zero attached hydrogens (tertiary/aromatic N) is 2. The van der Waals surface area contributed by atoms with Gasteiger partial charge < -0.3 is 10.2 Å². The summed E-state index contributed by atoms with van der Waals surface area (Å²) in [6.07, 6.45) is 1.49. The molecule has 33 heavy (non-hydrogen) atoms. The van der Waals surface area contributed by atoms with Crippen molar-refractivity contribution in [1.82, 2.24) is 10.2 Å². The highest BCUT2D eigenvalue weighted by Gasteiger charge is 2.29. The average molecular weight is 498 g/mol. The van der Waals surface area contributed by atoms with E-state index in [2.05, 4.69) is 5.32 Å². The van der Waals surface area contributed by atoms with Crippen molar-refractivity contribution in [3.05, 3.63) is 64.9 Å². The van der Waals surface area contributed by atoms with Crippen LogP contribution < -0.4 is 9.62 Å². The largest absolute Gasteiger partial charge is 0.357 e. The van der Waals surface area contributed by atoms with Gasteiger partial charge >= 0.3 is 0 Å². The molecular weight excluding hydrogens is 469 g/mol. The highest BCUT2D eigenvalue weighted by molar-refractivity contribution is 7.92. The Labute approximate surface area is 199 Å². The Kier molecular flexibility index (Phi) is 9.67. The number of benzene rings is 2. The lowest BCUT2D eigenvalue weighted by Crippen LogP contribution is -2.48. The second-order valence-corrected chi connectivity index (χ2v) is 9.86. The zero-order valence-electron chi connectivity index (χ0n) is 18.9. The van der Waals surface area contributed by atoms with Crippen LogP contribution >= 0.6 is 11.6 Å². The standard InChI is InChI=1S/C23H29ClFN3O4S/c1-4-20(23(30)26-2)27(16-17-10-5-6-11-18(17)24)22(29)14-9-15-28(33(3,31)32)21-13-8-7-12-19(21)25/h5-8,10-13,20H,4,9,14-16H2,1-3H3,(H,26,30). The van der Waals surface area contributed by atoms with Crippen molar-refractivity contribution in [2.45, 2.75) is 38.8 Å². The lowest BCUT2D eigenvalue weighted by molar-refractivity contribution is -0.141. The molecule has 0 saturated heterocycles. The van der Waals surface area contributed by atoms with E-state index in [1.165, 1.54) is 30.1 Å². The zero-order valence-corrected chi connectivity index (χ0v) is 20.5. The summed E-state index contributed by atoms with van der Waals surface area (Å²) in [5.74, 6) is -1.30. The Hall–Kier alpha value is -2.65. The summed E-state index contributed by atoms with van der Waals surface area (Å²) >= 11 is 6.27. The molecule has 0 aliphatic carbocycles. The third kappa shape index (κ3) is 7.17. The smallest absolute Gasteiger partial charge is 0.242 e. The fourth-order valence-electron chi connectivity index (χ4n) is 3.53. The van der Waals surface area contributed by atoms with E-state index in [4.69, 9.17) is 11.6 Å².